The zero-order valence-corrected chi connectivity index (χ0v) is 9.24. The summed E-state index contributed by atoms with van der Waals surface area (Å²) >= 11 is 0. The van der Waals surface area contributed by atoms with E-state index in [4.69, 9.17) is 0 Å². The predicted octanol–water partition coefficient (Wildman–Crippen LogP) is 0.446. The van der Waals surface area contributed by atoms with Crippen LogP contribution in [0.4, 0.5) is 0 Å². The molecule has 0 radical (unpaired) electrons. The van der Waals surface area contributed by atoms with Crippen molar-refractivity contribution in [1.82, 2.24) is 0 Å². The highest BCUT2D eigenvalue weighted by Crippen LogP contribution is 2.10. The molecule has 0 heterocycles. The molecule has 0 amide bonds. The summed E-state index contributed by atoms with van der Waals surface area (Å²) in [6.45, 7) is 0. The number of nitrogens with zero attached hydrogens (tertiary/aromatic N) is 1. The van der Waals surface area contributed by atoms with Crippen LogP contribution in [0.15, 0.2) is 28.2 Å². The van der Waals surface area contributed by atoms with Crippen LogP contribution in [0.2, 0.25) is 0 Å². The monoisotopic (exact) mass is 229 g/mol. The molecule has 0 aromatic heterocycles. The van der Waals surface area contributed by atoms with Gasteiger partial charge < -0.3 is 4.74 Å². The second-order valence-electron chi connectivity index (χ2n) is 3.00. The summed E-state index contributed by atoms with van der Waals surface area (Å²) in [5.41, 5.74) is 0.815. The number of carbonyl (C=O) groups excluding carboxylic acids is 1. The minimum atomic E-state index is -3.38. The standard InChI is InChI=1S/C9H11NO4S/c1-14-9(11)7-3-5-8(6-4-7)10-15(2,12)13/h3-5H,6H2,1-2H3. The Labute approximate surface area is 88.2 Å². The average molecular weight is 229 g/mol. The van der Waals surface area contributed by atoms with Gasteiger partial charge in [-0.1, -0.05) is 6.08 Å². The molecule has 82 valence electrons. The van der Waals surface area contributed by atoms with Gasteiger partial charge in [-0.3, -0.25) is 0 Å². The van der Waals surface area contributed by atoms with Crippen LogP contribution in [0.1, 0.15) is 6.42 Å². The molecule has 1 aliphatic rings. The topological polar surface area (TPSA) is 72.8 Å². The average Bonchev–Trinajstić information content (AvgIpc) is 2.15. The van der Waals surface area contributed by atoms with Gasteiger partial charge in [0.05, 0.1) is 24.7 Å². The summed E-state index contributed by atoms with van der Waals surface area (Å²) < 4.78 is 29.7. The summed E-state index contributed by atoms with van der Waals surface area (Å²) in [5.74, 6) is -0.440. The van der Waals surface area contributed by atoms with Crippen LogP contribution in [-0.4, -0.2) is 33.5 Å². The van der Waals surface area contributed by atoms with E-state index < -0.39 is 16.0 Å². The van der Waals surface area contributed by atoms with Gasteiger partial charge in [0.15, 0.2) is 0 Å². The van der Waals surface area contributed by atoms with Gasteiger partial charge >= 0.3 is 5.97 Å². The lowest BCUT2D eigenvalue weighted by atomic mass is 10.1. The highest BCUT2D eigenvalue weighted by atomic mass is 32.2. The molecule has 15 heavy (non-hydrogen) atoms. The molecule has 0 bridgehead atoms. The van der Waals surface area contributed by atoms with E-state index in [1.165, 1.54) is 19.3 Å². The normalized spacial score (nSPS) is 18.8. The van der Waals surface area contributed by atoms with Crippen LogP contribution in [0.5, 0.6) is 0 Å². The van der Waals surface area contributed by atoms with E-state index in [1.807, 2.05) is 0 Å². The van der Waals surface area contributed by atoms with Gasteiger partial charge in [-0.15, -0.1) is 0 Å². The second-order valence-corrected chi connectivity index (χ2v) is 4.65. The molecule has 1 rings (SSSR count). The van der Waals surface area contributed by atoms with Gasteiger partial charge in [-0.2, -0.15) is 4.40 Å². The van der Waals surface area contributed by atoms with Crippen molar-refractivity contribution in [3.63, 3.8) is 0 Å². The molecule has 0 spiro atoms. The molecule has 6 heteroatoms. The van der Waals surface area contributed by atoms with E-state index in [-0.39, 0.29) is 0 Å². The van der Waals surface area contributed by atoms with E-state index in [1.54, 1.807) is 6.08 Å². The number of ether oxygens (including phenoxy) is 1. The molecule has 0 N–H and O–H groups in total. The molecule has 0 saturated heterocycles. The van der Waals surface area contributed by atoms with Crippen molar-refractivity contribution in [3.8, 4) is 0 Å². The van der Waals surface area contributed by atoms with E-state index in [0.717, 1.165) is 6.26 Å². The summed E-state index contributed by atoms with van der Waals surface area (Å²) in [6.07, 6.45) is 5.89. The van der Waals surface area contributed by atoms with Crippen LogP contribution in [-0.2, 0) is 19.6 Å². The Morgan fingerprint density at radius 3 is 2.53 bits per heavy atom. The third kappa shape index (κ3) is 3.67. The fraction of sp³-hybridized carbons (Fsp3) is 0.333. The molecule has 0 fully saturated rings. The molecular formula is C9H11NO4S. The van der Waals surface area contributed by atoms with Crippen LogP contribution in [0.3, 0.4) is 0 Å². The molecule has 0 aliphatic heterocycles. The third-order valence-corrected chi connectivity index (χ3v) is 2.26. The third-order valence-electron chi connectivity index (χ3n) is 1.69. The van der Waals surface area contributed by atoms with Crippen molar-refractivity contribution in [3.05, 3.63) is 23.8 Å². The summed E-state index contributed by atoms with van der Waals surface area (Å²) in [5, 5.41) is 0. The Morgan fingerprint density at radius 1 is 1.47 bits per heavy atom. The molecule has 0 atom stereocenters. The zero-order chi connectivity index (χ0) is 11.5. The highest BCUT2D eigenvalue weighted by molar-refractivity contribution is 7.89. The van der Waals surface area contributed by atoms with Crippen molar-refractivity contribution in [2.75, 3.05) is 13.4 Å². The Bertz CT molecular complexity index is 457. The maximum Gasteiger partial charge on any atom is 0.337 e. The van der Waals surface area contributed by atoms with Gasteiger partial charge in [-0.05, 0) is 12.2 Å². The number of allylic oxidation sites excluding steroid dienone is 2. The van der Waals surface area contributed by atoms with Crippen LogP contribution >= 0.6 is 0 Å². The predicted molar refractivity (Wildman–Crippen MR) is 56.1 cm³/mol. The second kappa shape index (κ2) is 4.39. The molecule has 0 unspecified atom stereocenters. The summed E-state index contributed by atoms with van der Waals surface area (Å²) in [7, 11) is -2.09. The maximum absolute atomic E-state index is 11.1. The molecule has 5 nitrogen and oxygen atoms in total. The zero-order valence-electron chi connectivity index (χ0n) is 8.43. The van der Waals surface area contributed by atoms with Gasteiger partial charge in [-0.25, -0.2) is 13.2 Å². The van der Waals surface area contributed by atoms with Crippen molar-refractivity contribution in [1.29, 1.82) is 0 Å². The lowest BCUT2D eigenvalue weighted by molar-refractivity contribution is -0.135. The van der Waals surface area contributed by atoms with Crippen LogP contribution in [0.25, 0.3) is 0 Å². The molecule has 0 aromatic carbocycles. The van der Waals surface area contributed by atoms with Crippen LogP contribution < -0.4 is 0 Å². The summed E-state index contributed by atoms with van der Waals surface area (Å²) in [6, 6.07) is 0. The van der Waals surface area contributed by atoms with Gasteiger partial charge in [0.2, 0.25) is 10.0 Å². The molecule has 1 aliphatic carbocycles. The largest absolute Gasteiger partial charge is 0.465 e. The van der Waals surface area contributed by atoms with Crippen molar-refractivity contribution < 1.29 is 17.9 Å². The lowest BCUT2D eigenvalue weighted by Crippen LogP contribution is -2.08. The number of sulfonamides is 1. The van der Waals surface area contributed by atoms with Crippen molar-refractivity contribution >= 4 is 21.7 Å². The minimum Gasteiger partial charge on any atom is -0.465 e. The Balaban J connectivity index is 2.81. The van der Waals surface area contributed by atoms with Gasteiger partial charge in [0, 0.05) is 6.42 Å². The van der Waals surface area contributed by atoms with E-state index in [9.17, 15) is 13.2 Å². The SMILES string of the molecule is COC(=O)C1=CCC(=NS(C)(=O)=O)C=C1. The fourth-order valence-corrected chi connectivity index (χ4v) is 1.65. The maximum atomic E-state index is 11.1. The first-order chi connectivity index (χ1) is 6.92. The first-order valence-corrected chi connectivity index (χ1v) is 6.02. The van der Waals surface area contributed by atoms with Crippen molar-refractivity contribution in [2.45, 2.75) is 6.42 Å². The number of esters is 1. The first kappa shape index (κ1) is 11.6. The van der Waals surface area contributed by atoms with E-state index in [2.05, 4.69) is 9.13 Å². The Morgan fingerprint density at radius 2 is 2.13 bits per heavy atom. The first-order valence-electron chi connectivity index (χ1n) is 4.18. The van der Waals surface area contributed by atoms with Gasteiger partial charge in [0.1, 0.15) is 0 Å². The quantitative estimate of drug-likeness (QED) is 0.644. The number of hydrogen-bond donors (Lipinski definition) is 0. The van der Waals surface area contributed by atoms with Crippen LogP contribution in [0, 0.1) is 0 Å². The number of rotatable bonds is 2. The molecule has 0 saturated carbocycles. The lowest BCUT2D eigenvalue weighted by Gasteiger charge is -2.05. The number of hydrogen-bond acceptors (Lipinski definition) is 4. The van der Waals surface area contributed by atoms with Crippen molar-refractivity contribution in [2.24, 2.45) is 4.40 Å². The number of carbonyl (C=O) groups is 1. The minimum absolute atomic E-state index is 0.313. The summed E-state index contributed by atoms with van der Waals surface area (Å²) in [4.78, 5) is 11.1. The Hall–Kier alpha value is -1.43. The smallest absolute Gasteiger partial charge is 0.337 e. The van der Waals surface area contributed by atoms with E-state index in [0.29, 0.717) is 17.7 Å². The Kier molecular flexibility index (Phi) is 3.41. The molecular weight excluding hydrogens is 218 g/mol. The van der Waals surface area contributed by atoms with E-state index >= 15 is 0 Å². The number of methoxy groups -OCH3 is 1. The fourth-order valence-electron chi connectivity index (χ4n) is 1.09. The van der Waals surface area contributed by atoms with Gasteiger partial charge in [0.25, 0.3) is 0 Å². The highest BCUT2D eigenvalue weighted by Gasteiger charge is 2.11. The molecule has 0 aromatic rings.